The summed E-state index contributed by atoms with van der Waals surface area (Å²) >= 11 is 0. The minimum atomic E-state index is 0.313. The Balaban J connectivity index is 1.34. The smallest absolute Gasteiger partial charge is 0.236 e. The highest BCUT2D eigenvalue weighted by Gasteiger charge is 2.26. The summed E-state index contributed by atoms with van der Waals surface area (Å²) in [6.07, 6.45) is 3.57. The summed E-state index contributed by atoms with van der Waals surface area (Å²) in [5.74, 6) is 1.26. The van der Waals surface area contributed by atoms with Gasteiger partial charge in [0.25, 0.3) is 0 Å². The van der Waals surface area contributed by atoms with Crippen LogP contribution in [0, 0.1) is 6.92 Å². The molecule has 26 heavy (non-hydrogen) atoms. The highest BCUT2D eigenvalue weighted by molar-refractivity contribution is 5.78. The lowest BCUT2D eigenvalue weighted by molar-refractivity contribution is -0.136. The molecular formula is C21H33N3O2. The zero-order valence-electron chi connectivity index (χ0n) is 16.3. The van der Waals surface area contributed by atoms with E-state index in [0.717, 1.165) is 57.9 Å². The van der Waals surface area contributed by atoms with Crippen LogP contribution in [0.4, 0.5) is 0 Å². The number of ether oxygens (including phenoxy) is 1. The summed E-state index contributed by atoms with van der Waals surface area (Å²) in [6.45, 7) is 11.4. The average molecular weight is 360 g/mol. The minimum Gasteiger partial charge on any atom is -0.492 e. The van der Waals surface area contributed by atoms with Crippen LogP contribution in [-0.2, 0) is 4.79 Å². The Bertz CT molecular complexity index is 584. The third-order valence-corrected chi connectivity index (χ3v) is 5.61. The molecule has 2 heterocycles. The van der Waals surface area contributed by atoms with E-state index in [0.29, 0.717) is 25.1 Å². The molecule has 1 atom stereocenters. The lowest BCUT2D eigenvalue weighted by atomic mass is 10.0. The molecule has 0 radical (unpaired) electrons. The van der Waals surface area contributed by atoms with Crippen molar-refractivity contribution in [2.45, 2.75) is 39.2 Å². The van der Waals surface area contributed by atoms with Gasteiger partial charge in [-0.3, -0.25) is 14.6 Å². The standard InChI is InChI=1S/C21H33N3O2/c1-18-6-5-8-20(16-18)26-15-14-22-10-12-23(13-11-22)17-21(25)24-9-4-3-7-19(24)2/h5-6,8,16,19H,3-4,7,9-15,17H2,1-2H3/t19-/m0/s1. The van der Waals surface area contributed by atoms with Crippen LogP contribution in [0.25, 0.3) is 0 Å². The van der Waals surface area contributed by atoms with Crippen molar-refractivity contribution in [3.05, 3.63) is 29.8 Å². The van der Waals surface area contributed by atoms with E-state index in [4.69, 9.17) is 4.74 Å². The Morgan fingerprint density at radius 1 is 1.12 bits per heavy atom. The second-order valence-corrected chi connectivity index (χ2v) is 7.71. The number of likely N-dealkylation sites (tertiary alicyclic amines) is 1. The van der Waals surface area contributed by atoms with Gasteiger partial charge in [0, 0.05) is 45.3 Å². The molecule has 0 saturated carbocycles. The molecule has 3 rings (SSSR count). The van der Waals surface area contributed by atoms with Crippen molar-refractivity contribution < 1.29 is 9.53 Å². The predicted octanol–water partition coefficient (Wildman–Crippen LogP) is 2.39. The van der Waals surface area contributed by atoms with Gasteiger partial charge in [0.15, 0.2) is 0 Å². The molecule has 0 bridgehead atoms. The lowest BCUT2D eigenvalue weighted by Gasteiger charge is -2.38. The number of piperidine rings is 1. The highest BCUT2D eigenvalue weighted by atomic mass is 16.5. The van der Waals surface area contributed by atoms with Crippen molar-refractivity contribution in [2.75, 3.05) is 52.4 Å². The number of piperazine rings is 1. The van der Waals surface area contributed by atoms with Gasteiger partial charge in [0.1, 0.15) is 12.4 Å². The van der Waals surface area contributed by atoms with E-state index in [1.165, 1.54) is 12.0 Å². The van der Waals surface area contributed by atoms with Crippen molar-refractivity contribution >= 4 is 5.91 Å². The minimum absolute atomic E-state index is 0.313. The van der Waals surface area contributed by atoms with Gasteiger partial charge in [-0.1, -0.05) is 12.1 Å². The number of nitrogens with zero attached hydrogens (tertiary/aromatic N) is 3. The first-order valence-corrected chi connectivity index (χ1v) is 10.1. The van der Waals surface area contributed by atoms with E-state index in [-0.39, 0.29) is 0 Å². The molecule has 0 unspecified atom stereocenters. The molecule has 1 aromatic rings. The number of carbonyl (C=O) groups excluding carboxylic acids is 1. The molecule has 0 N–H and O–H groups in total. The van der Waals surface area contributed by atoms with E-state index >= 15 is 0 Å². The van der Waals surface area contributed by atoms with E-state index in [1.54, 1.807) is 0 Å². The molecule has 2 saturated heterocycles. The largest absolute Gasteiger partial charge is 0.492 e. The van der Waals surface area contributed by atoms with Crippen LogP contribution in [0.3, 0.4) is 0 Å². The van der Waals surface area contributed by atoms with Gasteiger partial charge >= 0.3 is 0 Å². The monoisotopic (exact) mass is 359 g/mol. The summed E-state index contributed by atoms with van der Waals surface area (Å²) in [7, 11) is 0. The van der Waals surface area contributed by atoms with Crippen LogP contribution >= 0.6 is 0 Å². The second-order valence-electron chi connectivity index (χ2n) is 7.71. The van der Waals surface area contributed by atoms with Crippen LogP contribution in [0.15, 0.2) is 24.3 Å². The van der Waals surface area contributed by atoms with Gasteiger partial charge < -0.3 is 9.64 Å². The first-order chi connectivity index (χ1) is 12.6. The molecule has 2 fully saturated rings. The fourth-order valence-electron chi connectivity index (χ4n) is 3.92. The number of hydrogen-bond acceptors (Lipinski definition) is 4. The maximum absolute atomic E-state index is 12.6. The Morgan fingerprint density at radius 2 is 1.88 bits per heavy atom. The number of carbonyl (C=O) groups is 1. The maximum atomic E-state index is 12.6. The van der Waals surface area contributed by atoms with Gasteiger partial charge in [0.05, 0.1) is 6.54 Å². The molecule has 144 valence electrons. The molecular weight excluding hydrogens is 326 g/mol. The van der Waals surface area contributed by atoms with Crippen LogP contribution in [0.1, 0.15) is 31.7 Å². The topological polar surface area (TPSA) is 36.0 Å². The zero-order chi connectivity index (χ0) is 18.4. The Morgan fingerprint density at radius 3 is 2.62 bits per heavy atom. The van der Waals surface area contributed by atoms with Crippen molar-refractivity contribution in [2.24, 2.45) is 0 Å². The molecule has 5 heteroatoms. The van der Waals surface area contributed by atoms with Gasteiger partial charge in [-0.25, -0.2) is 0 Å². The van der Waals surface area contributed by atoms with Crippen molar-refractivity contribution in [3.8, 4) is 5.75 Å². The number of hydrogen-bond donors (Lipinski definition) is 0. The fourth-order valence-corrected chi connectivity index (χ4v) is 3.92. The molecule has 2 aliphatic heterocycles. The Hall–Kier alpha value is -1.59. The number of amides is 1. The van der Waals surface area contributed by atoms with Crippen LogP contribution in [0.2, 0.25) is 0 Å². The van der Waals surface area contributed by atoms with Gasteiger partial charge in [-0.2, -0.15) is 0 Å². The molecule has 0 aliphatic carbocycles. The SMILES string of the molecule is Cc1cccc(OCCN2CCN(CC(=O)N3CCCC[C@@H]3C)CC2)c1. The summed E-state index contributed by atoms with van der Waals surface area (Å²) in [4.78, 5) is 19.4. The molecule has 5 nitrogen and oxygen atoms in total. The number of benzene rings is 1. The van der Waals surface area contributed by atoms with Crippen LogP contribution in [0.5, 0.6) is 5.75 Å². The summed E-state index contributed by atoms with van der Waals surface area (Å²) < 4.78 is 5.86. The maximum Gasteiger partial charge on any atom is 0.236 e. The summed E-state index contributed by atoms with van der Waals surface area (Å²) in [5, 5.41) is 0. The summed E-state index contributed by atoms with van der Waals surface area (Å²) in [5.41, 5.74) is 1.23. The van der Waals surface area contributed by atoms with Crippen molar-refractivity contribution in [3.63, 3.8) is 0 Å². The predicted molar refractivity (Wildman–Crippen MR) is 105 cm³/mol. The lowest BCUT2D eigenvalue weighted by Crippen LogP contribution is -2.52. The molecule has 1 amide bonds. The molecule has 2 aliphatic rings. The van der Waals surface area contributed by atoms with E-state index in [2.05, 4.69) is 40.7 Å². The van der Waals surface area contributed by atoms with E-state index in [1.807, 2.05) is 12.1 Å². The van der Waals surface area contributed by atoms with Gasteiger partial charge in [-0.15, -0.1) is 0 Å². The van der Waals surface area contributed by atoms with Crippen molar-refractivity contribution in [1.82, 2.24) is 14.7 Å². The first-order valence-electron chi connectivity index (χ1n) is 10.1. The third kappa shape index (κ3) is 5.45. The normalized spacial score (nSPS) is 22.4. The Labute approximate surface area is 157 Å². The number of rotatable bonds is 6. The second kappa shape index (κ2) is 9.38. The highest BCUT2D eigenvalue weighted by Crippen LogP contribution is 2.17. The molecule has 0 aromatic heterocycles. The Kier molecular flexibility index (Phi) is 6.92. The fraction of sp³-hybridized carbons (Fsp3) is 0.667. The third-order valence-electron chi connectivity index (χ3n) is 5.61. The van der Waals surface area contributed by atoms with E-state index in [9.17, 15) is 4.79 Å². The zero-order valence-corrected chi connectivity index (χ0v) is 16.3. The average Bonchev–Trinajstić information content (AvgIpc) is 2.63. The molecule has 1 aromatic carbocycles. The molecule has 0 spiro atoms. The van der Waals surface area contributed by atoms with E-state index < -0.39 is 0 Å². The number of aryl methyl sites for hydroxylation is 1. The van der Waals surface area contributed by atoms with Crippen molar-refractivity contribution in [1.29, 1.82) is 0 Å². The first kappa shape index (κ1) is 19.2. The van der Waals surface area contributed by atoms with Gasteiger partial charge in [-0.05, 0) is 50.8 Å². The van der Waals surface area contributed by atoms with Crippen LogP contribution in [-0.4, -0.2) is 79.1 Å². The summed E-state index contributed by atoms with van der Waals surface area (Å²) in [6, 6.07) is 8.61. The van der Waals surface area contributed by atoms with Gasteiger partial charge in [0.2, 0.25) is 5.91 Å². The quantitative estimate of drug-likeness (QED) is 0.781. The van der Waals surface area contributed by atoms with Crippen LogP contribution < -0.4 is 4.74 Å².